The number of hydrogen-bond donors (Lipinski definition) is 0. The first-order valence-corrected chi connectivity index (χ1v) is 6.94. The summed E-state index contributed by atoms with van der Waals surface area (Å²) in [6.07, 6.45) is 1.59. The van der Waals surface area contributed by atoms with Crippen molar-refractivity contribution in [2.45, 2.75) is 6.54 Å². The van der Waals surface area contributed by atoms with Gasteiger partial charge in [0.05, 0.1) is 11.0 Å². The Morgan fingerprint density at radius 2 is 2.06 bits per heavy atom. The molecule has 1 aromatic heterocycles. The lowest BCUT2D eigenvalue weighted by Gasteiger charge is -2.09. The fraction of sp³-hybridized carbons (Fsp3) is 0.0833. The zero-order valence-corrected chi connectivity index (χ0v) is 12.9. The Morgan fingerprint density at radius 3 is 2.72 bits per heavy atom. The quantitative estimate of drug-likeness (QED) is 0.747. The normalized spacial score (nSPS) is 10.7. The van der Waals surface area contributed by atoms with E-state index in [2.05, 4.69) is 31.9 Å². The molecule has 0 atom stereocenters. The molecule has 0 amide bonds. The number of benzene rings is 1. The van der Waals surface area contributed by atoms with E-state index in [4.69, 9.17) is 11.6 Å². The molecule has 1 aromatic carbocycles. The van der Waals surface area contributed by atoms with Crippen molar-refractivity contribution in [1.29, 1.82) is 0 Å². The van der Waals surface area contributed by atoms with Gasteiger partial charge >= 0.3 is 0 Å². The van der Waals surface area contributed by atoms with Crippen molar-refractivity contribution in [1.82, 2.24) is 4.57 Å². The Hall–Kier alpha value is -0.650. The molecule has 2 nitrogen and oxygen atoms in total. The third-order valence-electron chi connectivity index (χ3n) is 2.40. The van der Waals surface area contributed by atoms with Gasteiger partial charge in [-0.25, -0.2) is 4.39 Å². The molecule has 0 fully saturated rings. The summed E-state index contributed by atoms with van der Waals surface area (Å²) in [5.74, 6) is -0.425. The predicted octanol–water partition coefficient (Wildman–Crippen LogP) is 4.21. The zero-order valence-electron chi connectivity index (χ0n) is 8.96. The van der Waals surface area contributed by atoms with Crippen molar-refractivity contribution in [2.75, 3.05) is 0 Å². The van der Waals surface area contributed by atoms with Gasteiger partial charge in [0.2, 0.25) is 0 Å². The second-order valence-corrected chi connectivity index (χ2v) is 5.82. The molecule has 6 heteroatoms. The summed E-state index contributed by atoms with van der Waals surface area (Å²) < 4.78 is 16.2. The van der Waals surface area contributed by atoms with Crippen LogP contribution >= 0.6 is 43.5 Å². The van der Waals surface area contributed by atoms with Gasteiger partial charge in [-0.2, -0.15) is 0 Å². The van der Waals surface area contributed by atoms with Gasteiger partial charge in [-0.3, -0.25) is 4.79 Å². The van der Waals surface area contributed by atoms with Crippen LogP contribution in [0.25, 0.3) is 0 Å². The molecule has 0 aliphatic carbocycles. The van der Waals surface area contributed by atoms with Crippen LogP contribution in [0, 0.1) is 5.82 Å². The second-order valence-electron chi connectivity index (χ2n) is 3.64. The Bertz CT molecular complexity index is 637. The van der Waals surface area contributed by atoms with Crippen molar-refractivity contribution in [2.24, 2.45) is 0 Å². The van der Waals surface area contributed by atoms with Crippen molar-refractivity contribution >= 4 is 43.5 Å². The van der Waals surface area contributed by atoms with Gasteiger partial charge in [0, 0.05) is 21.3 Å². The Labute approximate surface area is 125 Å². The molecule has 0 aliphatic rings. The van der Waals surface area contributed by atoms with Crippen LogP contribution < -0.4 is 5.56 Å². The van der Waals surface area contributed by atoms with E-state index in [1.165, 1.54) is 16.7 Å². The molecule has 0 radical (unpaired) electrons. The first-order chi connectivity index (χ1) is 8.49. The molecule has 0 N–H and O–H groups in total. The lowest BCUT2D eigenvalue weighted by molar-refractivity contribution is 0.596. The van der Waals surface area contributed by atoms with Crippen LogP contribution in [0.3, 0.4) is 0 Å². The Kier molecular flexibility index (Phi) is 4.25. The van der Waals surface area contributed by atoms with E-state index in [1.54, 1.807) is 18.3 Å². The fourth-order valence-electron chi connectivity index (χ4n) is 1.54. The maximum Gasteiger partial charge on any atom is 0.265 e. The highest BCUT2D eigenvalue weighted by molar-refractivity contribution is 9.11. The van der Waals surface area contributed by atoms with Crippen molar-refractivity contribution in [3.8, 4) is 0 Å². The van der Waals surface area contributed by atoms with Crippen LogP contribution in [0.5, 0.6) is 0 Å². The summed E-state index contributed by atoms with van der Waals surface area (Å²) in [7, 11) is 0. The summed E-state index contributed by atoms with van der Waals surface area (Å²) >= 11 is 12.4. The minimum Gasteiger partial charge on any atom is -0.309 e. The van der Waals surface area contributed by atoms with E-state index in [0.29, 0.717) is 15.1 Å². The number of hydrogen-bond acceptors (Lipinski definition) is 1. The zero-order chi connectivity index (χ0) is 13.3. The summed E-state index contributed by atoms with van der Waals surface area (Å²) in [5.41, 5.74) is 0.0591. The summed E-state index contributed by atoms with van der Waals surface area (Å²) in [6.45, 7) is 0.0857. The van der Waals surface area contributed by atoms with Gasteiger partial charge in [-0.1, -0.05) is 17.7 Å². The smallest absolute Gasteiger partial charge is 0.265 e. The maximum absolute atomic E-state index is 13.6. The first kappa shape index (κ1) is 13.8. The number of aromatic nitrogens is 1. The number of pyridine rings is 1. The van der Waals surface area contributed by atoms with Gasteiger partial charge in [0.15, 0.2) is 0 Å². The molecule has 94 valence electrons. The lowest BCUT2D eigenvalue weighted by atomic mass is 10.2. The highest BCUT2D eigenvalue weighted by Crippen LogP contribution is 2.20. The van der Waals surface area contributed by atoms with Crippen LogP contribution in [0.1, 0.15) is 5.56 Å². The fourth-order valence-corrected chi connectivity index (χ4v) is 3.02. The van der Waals surface area contributed by atoms with Gasteiger partial charge in [0.1, 0.15) is 5.82 Å². The average Bonchev–Trinajstić information content (AvgIpc) is 2.30. The SMILES string of the molecule is O=c1c(Br)cc(Br)cn1Cc1c(F)cccc1Cl. The summed E-state index contributed by atoms with van der Waals surface area (Å²) in [5, 5.41) is 0.304. The van der Waals surface area contributed by atoms with Crippen molar-refractivity contribution < 1.29 is 4.39 Å². The number of nitrogens with zero attached hydrogens (tertiary/aromatic N) is 1. The molecule has 0 unspecified atom stereocenters. The van der Waals surface area contributed by atoms with E-state index in [1.807, 2.05) is 0 Å². The molecule has 0 bridgehead atoms. The predicted molar refractivity (Wildman–Crippen MR) is 76.6 cm³/mol. The second kappa shape index (κ2) is 5.55. The molecule has 0 spiro atoms. The average molecular weight is 395 g/mol. The van der Waals surface area contributed by atoms with Gasteiger partial charge < -0.3 is 4.57 Å². The Balaban J connectivity index is 2.50. The lowest BCUT2D eigenvalue weighted by Crippen LogP contribution is -2.21. The van der Waals surface area contributed by atoms with Gasteiger partial charge in [-0.15, -0.1) is 0 Å². The van der Waals surface area contributed by atoms with Gasteiger partial charge in [0.25, 0.3) is 5.56 Å². The van der Waals surface area contributed by atoms with Crippen LogP contribution in [-0.4, -0.2) is 4.57 Å². The molecule has 18 heavy (non-hydrogen) atoms. The topological polar surface area (TPSA) is 22.0 Å². The summed E-state index contributed by atoms with van der Waals surface area (Å²) in [4.78, 5) is 11.9. The monoisotopic (exact) mass is 393 g/mol. The third-order valence-corrected chi connectivity index (χ3v) is 3.75. The molecular weight excluding hydrogens is 388 g/mol. The van der Waals surface area contributed by atoms with Crippen molar-refractivity contribution in [3.05, 3.63) is 66.2 Å². The van der Waals surface area contributed by atoms with Crippen LogP contribution in [0.15, 0.2) is 44.2 Å². The number of halogens is 4. The molecule has 0 saturated heterocycles. The minimum atomic E-state index is -0.425. The largest absolute Gasteiger partial charge is 0.309 e. The highest BCUT2D eigenvalue weighted by Gasteiger charge is 2.10. The highest BCUT2D eigenvalue weighted by atomic mass is 79.9. The standard InChI is InChI=1S/C12H7Br2ClFNO/c13-7-4-9(14)12(18)17(5-7)6-8-10(15)2-1-3-11(8)16/h1-5H,6H2. The molecule has 2 aromatic rings. The van der Waals surface area contributed by atoms with E-state index in [9.17, 15) is 9.18 Å². The van der Waals surface area contributed by atoms with Crippen molar-refractivity contribution in [3.63, 3.8) is 0 Å². The molecule has 0 aliphatic heterocycles. The van der Waals surface area contributed by atoms with Crippen LogP contribution in [-0.2, 0) is 6.54 Å². The maximum atomic E-state index is 13.6. The minimum absolute atomic E-state index is 0.0857. The van der Waals surface area contributed by atoms with Crippen LogP contribution in [0.2, 0.25) is 5.02 Å². The van der Waals surface area contributed by atoms with E-state index >= 15 is 0 Å². The Morgan fingerprint density at radius 1 is 1.33 bits per heavy atom. The van der Waals surface area contributed by atoms with Gasteiger partial charge in [-0.05, 0) is 50.1 Å². The van der Waals surface area contributed by atoms with E-state index in [-0.39, 0.29) is 12.1 Å². The molecular formula is C12H7Br2ClFNO. The molecule has 1 heterocycles. The van der Waals surface area contributed by atoms with E-state index < -0.39 is 5.82 Å². The van der Waals surface area contributed by atoms with Crippen LogP contribution in [0.4, 0.5) is 4.39 Å². The number of rotatable bonds is 2. The summed E-state index contributed by atoms with van der Waals surface area (Å²) in [6, 6.07) is 6.08. The molecule has 0 saturated carbocycles. The van der Waals surface area contributed by atoms with E-state index in [0.717, 1.165) is 4.47 Å². The first-order valence-electron chi connectivity index (χ1n) is 4.97. The third kappa shape index (κ3) is 2.84. The molecule has 2 rings (SSSR count).